The number of unbranched alkanes of at least 4 members (excludes halogenated alkanes) is 37. The van der Waals surface area contributed by atoms with Crippen LogP contribution in [0.4, 0.5) is 0 Å². The molecule has 0 amide bonds. The van der Waals surface area contributed by atoms with Gasteiger partial charge in [0.1, 0.15) is 13.2 Å². The summed E-state index contributed by atoms with van der Waals surface area (Å²) in [5, 5.41) is 0. The Morgan fingerprint density at radius 1 is 0.300 bits per heavy atom. The predicted octanol–water partition coefficient (Wildman–Crippen LogP) is 20.6. The molecule has 0 aliphatic heterocycles. The van der Waals surface area contributed by atoms with Gasteiger partial charge in [0, 0.05) is 19.3 Å². The minimum absolute atomic E-state index is 0.0902. The molecule has 0 radical (unpaired) electrons. The SMILES string of the molecule is CC/C=C\C/C=C\C/C=C\C/C=C\CCC(=O)OCC(COC(=O)CCCCCCCCCCCCCCCCCCCCCCCC)OC(=O)CCCCCCCCCCCCCCCCCCC. The van der Waals surface area contributed by atoms with Crippen LogP contribution in [0.2, 0.25) is 0 Å². The normalized spacial score (nSPS) is 12.3. The lowest BCUT2D eigenvalue weighted by atomic mass is 10.0. The van der Waals surface area contributed by atoms with Crippen molar-refractivity contribution >= 4 is 17.9 Å². The molecule has 0 bridgehead atoms. The van der Waals surface area contributed by atoms with Gasteiger partial charge in [-0.2, -0.15) is 0 Å². The van der Waals surface area contributed by atoms with Crippen LogP contribution in [0.1, 0.15) is 323 Å². The van der Waals surface area contributed by atoms with Crippen LogP contribution in [0.5, 0.6) is 0 Å². The van der Waals surface area contributed by atoms with E-state index < -0.39 is 6.10 Å². The Morgan fingerprint density at radius 2 is 0.557 bits per heavy atom. The zero-order valence-electron chi connectivity index (χ0n) is 46.8. The Morgan fingerprint density at radius 3 is 0.871 bits per heavy atom. The molecule has 0 fully saturated rings. The van der Waals surface area contributed by atoms with Gasteiger partial charge in [0.2, 0.25) is 0 Å². The molecule has 0 aliphatic carbocycles. The van der Waals surface area contributed by atoms with Gasteiger partial charge in [-0.1, -0.05) is 307 Å². The fourth-order valence-electron chi connectivity index (χ4n) is 9.05. The highest BCUT2D eigenvalue weighted by molar-refractivity contribution is 5.71. The first-order valence-corrected chi connectivity index (χ1v) is 30.6. The van der Waals surface area contributed by atoms with Crippen LogP contribution >= 0.6 is 0 Å². The summed E-state index contributed by atoms with van der Waals surface area (Å²) in [5.41, 5.74) is 0. The van der Waals surface area contributed by atoms with Gasteiger partial charge in [0.15, 0.2) is 6.10 Å². The first kappa shape index (κ1) is 67.4. The quantitative estimate of drug-likeness (QED) is 0.0261. The van der Waals surface area contributed by atoms with Crippen LogP contribution < -0.4 is 0 Å². The first-order chi connectivity index (χ1) is 34.5. The van der Waals surface area contributed by atoms with Crippen LogP contribution in [-0.4, -0.2) is 37.2 Å². The molecule has 0 aromatic rings. The molecule has 1 atom stereocenters. The van der Waals surface area contributed by atoms with Crippen LogP contribution in [-0.2, 0) is 28.6 Å². The van der Waals surface area contributed by atoms with Crippen molar-refractivity contribution in [2.75, 3.05) is 13.2 Å². The van der Waals surface area contributed by atoms with E-state index in [4.69, 9.17) is 14.2 Å². The Labute approximate surface area is 435 Å². The van der Waals surface area contributed by atoms with Crippen molar-refractivity contribution in [3.8, 4) is 0 Å². The topological polar surface area (TPSA) is 78.9 Å². The van der Waals surface area contributed by atoms with Crippen molar-refractivity contribution in [3.63, 3.8) is 0 Å². The third-order valence-electron chi connectivity index (χ3n) is 13.6. The van der Waals surface area contributed by atoms with Gasteiger partial charge in [-0.3, -0.25) is 14.4 Å². The van der Waals surface area contributed by atoms with E-state index in [1.165, 1.54) is 212 Å². The zero-order valence-corrected chi connectivity index (χ0v) is 46.8. The molecular weight excluding hydrogens is 865 g/mol. The summed E-state index contributed by atoms with van der Waals surface area (Å²) in [4.78, 5) is 38.2. The average molecular weight is 982 g/mol. The molecule has 0 saturated heterocycles. The Balaban J connectivity index is 4.31. The van der Waals surface area contributed by atoms with Gasteiger partial charge in [0.05, 0.1) is 0 Å². The lowest BCUT2D eigenvalue weighted by Crippen LogP contribution is -2.30. The van der Waals surface area contributed by atoms with E-state index in [1.807, 2.05) is 6.08 Å². The number of carbonyl (C=O) groups excluding carboxylic acids is 3. The minimum Gasteiger partial charge on any atom is -0.462 e. The Hall–Kier alpha value is -2.63. The molecule has 408 valence electrons. The summed E-state index contributed by atoms with van der Waals surface area (Å²) in [5.74, 6) is -0.955. The maximum atomic E-state index is 12.9. The van der Waals surface area contributed by atoms with E-state index in [0.29, 0.717) is 19.3 Å². The summed E-state index contributed by atoms with van der Waals surface area (Å²) in [6.45, 7) is 6.51. The van der Waals surface area contributed by atoms with Crippen molar-refractivity contribution in [3.05, 3.63) is 48.6 Å². The van der Waals surface area contributed by atoms with Crippen LogP contribution in [0.15, 0.2) is 48.6 Å². The van der Waals surface area contributed by atoms with Crippen LogP contribution in [0.25, 0.3) is 0 Å². The molecule has 0 aliphatic rings. The van der Waals surface area contributed by atoms with E-state index >= 15 is 0 Å². The van der Waals surface area contributed by atoms with Crippen molar-refractivity contribution in [1.82, 2.24) is 0 Å². The first-order valence-electron chi connectivity index (χ1n) is 30.6. The second-order valence-electron chi connectivity index (χ2n) is 20.6. The zero-order chi connectivity index (χ0) is 50.7. The highest BCUT2D eigenvalue weighted by Gasteiger charge is 2.19. The van der Waals surface area contributed by atoms with Crippen molar-refractivity contribution in [2.24, 2.45) is 0 Å². The molecule has 0 aromatic carbocycles. The molecular formula is C64H116O6. The maximum Gasteiger partial charge on any atom is 0.306 e. The predicted molar refractivity (Wildman–Crippen MR) is 302 cm³/mol. The van der Waals surface area contributed by atoms with Gasteiger partial charge in [-0.05, 0) is 44.9 Å². The molecule has 70 heavy (non-hydrogen) atoms. The molecule has 0 heterocycles. The minimum atomic E-state index is -0.798. The second kappa shape index (κ2) is 58.9. The lowest BCUT2D eigenvalue weighted by molar-refractivity contribution is -0.166. The lowest BCUT2D eigenvalue weighted by Gasteiger charge is -2.18. The van der Waals surface area contributed by atoms with Gasteiger partial charge in [0.25, 0.3) is 0 Å². The smallest absolute Gasteiger partial charge is 0.306 e. The largest absolute Gasteiger partial charge is 0.462 e. The van der Waals surface area contributed by atoms with Crippen molar-refractivity contribution in [2.45, 2.75) is 329 Å². The molecule has 0 N–H and O–H groups in total. The number of hydrogen-bond acceptors (Lipinski definition) is 6. The Kier molecular flexibility index (Phi) is 56.7. The summed E-state index contributed by atoms with van der Waals surface area (Å²) >= 11 is 0. The highest BCUT2D eigenvalue weighted by Crippen LogP contribution is 2.18. The fourth-order valence-corrected chi connectivity index (χ4v) is 9.05. The second-order valence-corrected chi connectivity index (χ2v) is 20.6. The number of hydrogen-bond donors (Lipinski definition) is 0. The number of ether oxygens (including phenoxy) is 3. The molecule has 6 heteroatoms. The van der Waals surface area contributed by atoms with Gasteiger partial charge in [-0.15, -0.1) is 0 Å². The third kappa shape index (κ3) is 56.3. The fraction of sp³-hybridized carbons (Fsp3) is 0.828. The molecule has 0 aromatic heterocycles. The van der Waals surface area contributed by atoms with Crippen LogP contribution in [0.3, 0.4) is 0 Å². The summed E-state index contributed by atoms with van der Waals surface area (Å²) in [6.07, 6.45) is 72.8. The summed E-state index contributed by atoms with van der Waals surface area (Å²) in [6, 6.07) is 0. The van der Waals surface area contributed by atoms with Gasteiger partial charge < -0.3 is 14.2 Å². The monoisotopic (exact) mass is 981 g/mol. The van der Waals surface area contributed by atoms with Crippen molar-refractivity contribution < 1.29 is 28.6 Å². The third-order valence-corrected chi connectivity index (χ3v) is 13.6. The van der Waals surface area contributed by atoms with E-state index in [0.717, 1.165) is 64.2 Å². The molecule has 0 rings (SSSR count). The number of esters is 3. The molecule has 1 unspecified atom stereocenters. The molecule has 0 spiro atoms. The number of allylic oxidation sites excluding steroid dienone is 8. The summed E-state index contributed by atoms with van der Waals surface area (Å²) in [7, 11) is 0. The van der Waals surface area contributed by atoms with E-state index in [9.17, 15) is 14.4 Å². The van der Waals surface area contributed by atoms with Gasteiger partial charge >= 0.3 is 17.9 Å². The maximum absolute atomic E-state index is 12.9. The standard InChI is InChI=1S/C64H116O6/c1-4-7-10-13-16-19-22-25-27-29-30-31-32-33-35-36-39-42-45-48-51-54-57-63(66)69-60-61(59-68-62(65)56-53-50-47-44-41-38-24-21-18-15-12-9-6-3)70-64(67)58-55-52-49-46-43-40-37-34-28-26-23-20-17-14-11-8-5-2/h9,12,18,21,38,41,47,50,61H,4-8,10-11,13-17,19-20,22-37,39-40,42-46,48-49,51-60H2,1-3H3/b12-9-,21-18-,41-38-,50-47-. The van der Waals surface area contributed by atoms with Crippen LogP contribution in [0, 0.1) is 0 Å². The highest BCUT2D eigenvalue weighted by atomic mass is 16.6. The van der Waals surface area contributed by atoms with E-state index in [2.05, 4.69) is 63.3 Å². The molecule has 0 saturated carbocycles. The van der Waals surface area contributed by atoms with Gasteiger partial charge in [-0.25, -0.2) is 0 Å². The Bertz CT molecular complexity index is 1220. The van der Waals surface area contributed by atoms with Crippen molar-refractivity contribution in [1.29, 1.82) is 0 Å². The van der Waals surface area contributed by atoms with E-state index in [-0.39, 0.29) is 37.5 Å². The number of carbonyl (C=O) groups is 3. The summed E-state index contributed by atoms with van der Waals surface area (Å²) < 4.78 is 16.8. The van der Waals surface area contributed by atoms with E-state index in [1.54, 1.807) is 0 Å². The number of rotatable bonds is 56. The molecule has 6 nitrogen and oxygen atoms in total. The average Bonchev–Trinajstić information content (AvgIpc) is 3.36.